The molecule has 0 aliphatic heterocycles. The van der Waals surface area contributed by atoms with Crippen molar-refractivity contribution in [3.63, 3.8) is 0 Å². The Balaban J connectivity index is 3.48. The molecule has 0 atom stereocenters. The minimum absolute atomic E-state index is 0.688. The van der Waals surface area contributed by atoms with E-state index in [1.165, 1.54) is 6.21 Å². The number of nitrogens with zero attached hydrogens (tertiary/aromatic N) is 1. The molecular formula is C6H9N3S. The third kappa shape index (κ3) is 0.903. The van der Waals surface area contributed by atoms with E-state index < -0.39 is 0 Å². The predicted octanol–water partition coefficient (Wildman–Crippen LogP) is 1.39. The van der Waals surface area contributed by atoms with Crippen molar-refractivity contribution >= 4 is 18.4 Å². The van der Waals surface area contributed by atoms with E-state index in [4.69, 9.17) is 17.6 Å². The number of hydrogen-bond acceptors (Lipinski definition) is 2. The van der Waals surface area contributed by atoms with E-state index in [-0.39, 0.29) is 0 Å². The Morgan fingerprint density at radius 3 is 2.50 bits per heavy atom. The molecule has 54 valence electrons. The number of H-pyrrole nitrogens is 1. The summed E-state index contributed by atoms with van der Waals surface area (Å²) in [5, 5.41) is 10.0. The van der Waals surface area contributed by atoms with Crippen LogP contribution in [0.3, 0.4) is 0 Å². The van der Waals surface area contributed by atoms with Crippen molar-refractivity contribution in [2.24, 2.45) is 7.05 Å². The van der Waals surface area contributed by atoms with E-state index in [0.717, 1.165) is 11.3 Å². The summed E-state index contributed by atoms with van der Waals surface area (Å²) < 4.78 is 2.41. The van der Waals surface area contributed by atoms with E-state index in [1.807, 2.05) is 14.0 Å². The van der Waals surface area contributed by atoms with Crippen LogP contribution < -0.4 is 0 Å². The molecule has 0 aromatic carbocycles. The Labute approximate surface area is 64.2 Å². The van der Waals surface area contributed by atoms with Gasteiger partial charge in [0.25, 0.3) is 0 Å². The first-order chi connectivity index (χ1) is 4.66. The largest absolute Gasteiger partial charge is 0.308 e. The van der Waals surface area contributed by atoms with Gasteiger partial charge in [0.15, 0.2) is 0 Å². The summed E-state index contributed by atoms with van der Waals surface area (Å²) in [7, 11) is 1.84. The molecule has 1 heterocycles. The summed E-state index contributed by atoms with van der Waals surface area (Å²) in [5.74, 6) is 0. The number of nitrogens with one attached hydrogen (secondary N) is 2. The molecule has 0 saturated carbocycles. The summed E-state index contributed by atoms with van der Waals surface area (Å²) in [4.78, 5) is 0. The molecule has 0 aliphatic carbocycles. The van der Waals surface area contributed by atoms with E-state index in [2.05, 4.69) is 5.10 Å². The highest BCUT2D eigenvalue weighted by atomic mass is 32.1. The Morgan fingerprint density at radius 1 is 1.70 bits per heavy atom. The Morgan fingerprint density at radius 2 is 2.30 bits per heavy atom. The summed E-state index contributed by atoms with van der Waals surface area (Å²) in [5.41, 5.74) is 1.75. The Hall–Kier alpha value is -0.900. The maximum absolute atomic E-state index is 7.01. The van der Waals surface area contributed by atoms with Crippen molar-refractivity contribution in [2.45, 2.75) is 6.92 Å². The minimum Gasteiger partial charge on any atom is -0.308 e. The van der Waals surface area contributed by atoms with Crippen molar-refractivity contribution in [1.29, 1.82) is 5.41 Å². The van der Waals surface area contributed by atoms with Crippen LogP contribution in [0, 0.1) is 17.0 Å². The van der Waals surface area contributed by atoms with Gasteiger partial charge in [0.05, 0.1) is 0 Å². The molecule has 4 heteroatoms. The lowest BCUT2D eigenvalue weighted by atomic mass is 10.3. The van der Waals surface area contributed by atoms with Crippen LogP contribution in [0.15, 0.2) is 0 Å². The maximum Gasteiger partial charge on any atom is 0.130 e. The van der Waals surface area contributed by atoms with Crippen molar-refractivity contribution in [3.8, 4) is 0 Å². The number of rotatable bonds is 1. The second kappa shape index (κ2) is 2.38. The second-order valence-electron chi connectivity index (χ2n) is 2.16. The fraction of sp³-hybridized carbons (Fsp3) is 0.333. The zero-order valence-electron chi connectivity index (χ0n) is 5.93. The molecular weight excluding hydrogens is 146 g/mol. The third-order valence-electron chi connectivity index (χ3n) is 1.42. The minimum atomic E-state index is 0.688. The lowest BCUT2D eigenvalue weighted by Crippen LogP contribution is -1.88. The fourth-order valence-electron chi connectivity index (χ4n) is 0.874. The molecule has 0 spiro atoms. The first-order valence-electron chi connectivity index (χ1n) is 2.93. The van der Waals surface area contributed by atoms with Crippen LogP contribution >= 0.6 is 12.2 Å². The predicted molar refractivity (Wildman–Crippen MR) is 43.2 cm³/mol. The van der Waals surface area contributed by atoms with E-state index >= 15 is 0 Å². The quantitative estimate of drug-likeness (QED) is 0.467. The second-order valence-corrected chi connectivity index (χ2v) is 2.55. The summed E-state index contributed by atoms with van der Waals surface area (Å²) in [6, 6.07) is 0. The number of aromatic nitrogens is 2. The van der Waals surface area contributed by atoms with Gasteiger partial charge in [0.1, 0.15) is 4.64 Å². The molecule has 2 N–H and O–H groups in total. The van der Waals surface area contributed by atoms with Gasteiger partial charge < -0.3 is 10.5 Å². The topological polar surface area (TPSA) is 44.6 Å². The first kappa shape index (κ1) is 7.21. The van der Waals surface area contributed by atoms with Crippen LogP contribution in [0.5, 0.6) is 0 Å². The zero-order valence-corrected chi connectivity index (χ0v) is 6.75. The normalized spacial score (nSPS) is 9.80. The third-order valence-corrected chi connectivity index (χ3v) is 1.91. The van der Waals surface area contributed by atoms with Crippen LogP contribution in [0.2, 0.25) is 0 Å². The number of aromatic amines is 1. The SMILES string of the molecule is Cc1[nH]n(C)c(=S)c1C=N. The van der Waals surface area contributed by atoms with Gasteiger partial charge in [-0.15, -0.1) is 0 Å². The van der Waals surface area contributed by atoms with Crippen LogP contribution in [-0.2, 0) is 7.05 Å². The molecule has 1 rings (SSSR count). The van der Waals surface area contributed by atoms with Gasteiger partial charge in [-0.1, -0.05) is 12.2 Å². The molecule has 0 fully saturated rings. The van der Waals surface area contributed by atoms with E-state index in [9.17, 15) is 0 Å². The molecule has 0 radical (unpaired) electrons. The number of hydrogen-bond donors (Lipinski definition) is 2. The monoisotopic (exact) mass is 155 g/mol. The molecule has 1 aromatic rings. The molecule has 3 nitrogen and oxygen atoms in total. The molecule has 0 bridgehead atoms. The van der Waals surface area contributed by atoms with Gasteiger partial charge in [0, 0.05) is 24.5 Å². The van der Waals surface area contributed by atoms with E-state index in [1.54, 1.807) is 4.68 Å². The average molecular weight is 155 g/mol. The molecule has 10 heavy (non-hydrogen) atoms. The van der Waals surface area contributed by atoms with Crippen molar-refractivity contribution in [3.05, 3.63) is 15.9 Å². The summed E-state index contributed by atoms with van der Waals surface area (Å²) in [6.07, 6.45) is 1.27. The van der Waals surface area contributed by atoms with Gasteiger partial charge in [-0.25, -0.2) is 0 Å². The molecule has 0 unspecified atom stereocenters. The molecule has 0 saturated heterocycles. The van der Waals surface area contributed by atoms with Crippen LogP contribution in [0.1, 0.15) is 11.3 Å². The smallest absolute Gasteiger partial charge is 0.130 e. The van der Waals surface area contributed by atoms with Crippen LogP contribution in [0.25, 0.3) is 0 Å². The molecule has 0 amide bonds. The van der Waals surface area contributed by atoms with Gasteiger partial charge in [0.2, 0.25) is 0 Å². The highest BCUT2D eigenvalue weighted by molar-refractivity contribution is 7.71. The Kier molecular flexibility index (Phi) is 1.72. The standard InChI is InChI=1S/C6H9N3S/c1-4-5(3-7)6(10)9(2)8-4/h3,7-8H,1-2H3. The van der Waals surface area contributed by atoms with Crippen molar-refractivity contribution in [2.75, 3.05) is 0 Å². The van der Waals surface area contributed by atoms with Gasteiger partial charge in [-0.05, 0) is 6.92 Å². The van der Waals surface area contributed by atoms with Gasteiger partial charge in [-0.3, -0.25) is 4.68 Å². The highest BCUT2D eigenvalue weighted by Gasteiger charge is 2.00. The lowest BCUT2D eigenvalue weighted by Gasteiger charge is -1.84. The van der Waals surface area contributed by atoms with E-state index in [0.29, 0.717) is 4.64 Å². The first-order valence-corrected chi connectivity index (χ1v) is 3.33. The van der Waals surface area contributed by atoms with Crippen LogP contribution in [-0.4, -0.2) is 16.0 Å². The summed E-state index contributed by atoms with van der Waals surface area (Å²) in [6.45, 7) is 1.90. The lowest BCUT2D eigenvalue weighted by molar-refractivity contribution is 0.747. The fourth-order valence-corrected chi connectivity index (χ4v) is 1.13. The molecule has 0 aliphatic rings. The van der Waals surface area contributed by atoms with Gasteiger partial charge in [-0.2, -0.15) is 0 Å². The van der Waals surface area contributed by atoms with Gasteiger partial charge >= 0.3 is 0 Å². The van der Waals surface area contributed by atoms with Crippen molar-refractivity contribution in [1.82, 2.24) is 9.78 Å². The van der Waals surface area contributed by atoms with Crippen molar-refractivity contribution < 1.29 is 0 Å². The van der Waals surface area contributed by atoms with Crippen LogP contribution in [0.4, 0.5) is 0 Å². The zero-order chi connectivity index (χ0) is 7.72. The summed E-state index contributed by atoms with van der Waals surface area (Å²) >= 11 is 4.99. The highest BCUT2D eigenvalue weighted by Crippen LogP contribution is 2.03. The Bertz CT molecular complexity index is 307. The number of aryl methyl sites for hydroxylation is 2. The average Bonchev–Trinajstić information content (AvgIpc) is 2.09. The molecule has 1 aromatic heterocycles. The maximum atomic E-state index is 7.01.